The van der Waals surface area contributed by atoms with Gasteiger partial charge < -0.3 is 10.1 Å². The Morgan fingerprint density at radius 2 is 2.20 bits per heavy atom. The van der Waals surface area contributed by atoms with Crippen LogP contribution in [0.2, 0.25) is 0 Å². The van der Waals surface area contributed by atoms with Crippen molar-refractivity contribution in [2.24, 2.45) is 0 Å². The molecule has 1 heterocycles. The molecule has 0 spiro atoms. The molecule has 0 radical (unpaired) electrons. The molecule has 20 heavy (non-hydrogen) atoms. The van der Waals surface area contributed by atoms with E-state index >= 15 is 0 Å². The smallest absolute Gasteiger partial charge is 0.225 e. The predicted molar refractivity (Wildman–Crippen MR) is 79.2 cm³/mol. The van der Waals surface area contributed by atoms with Crippen molar-refractivity contribution in [3.8, 4) is 5.88 Å². The number of anilines is 1. The number of fused-ring (bicyclic) bond motifs is 1. The van der Waals surface area contributed by atoms with E-state index in [9.17, 15) is 0 Å². The summed E-state index contributed by atoms with van der Waals surface area (Å²) >= 11 is 0. The highest BCUT2D eigenvalue weighted by Gasteiger charge is 2.25. The highest BCUT2D eigenvalue weighted by molar-refractivity contribution is 5.41. The fourth-order valence-corrected chi connectivity index (χ4v) is 2.47. The number of rotatable bonds is 6. The molecule has 4 nitrogen and oxygen atoms in total. The van der Waals surface area contributed by atoms with Crippen molar-refractivity contribution in [1.82, 2.24) is 9.97 Å². The molecule has 1 aromatic heterocycles. The van der Waals surface area contributed by atoms with Gasteiger partial charge in [0.2, 0.25) is 11.8 Å². The van der Waals surface area contributed by atoms with Gasteiger partial charge in [0.05, 0.1) is 6.61 Å². The second-order valence-corrected chi connectivity index (χ2v) is 5.05. The molecule has 0 saturated heterocycles. The first kappa shape index (κ1) is 12.9. The fraction of sp³-hybridized carbons (Fsp3) is 0.375. The number of aromatic nitrogens is 2. The molecule has 0 aliphatic heterocycles. The molecule has 0 bridgehead atoms. The van der Waals surface area contributed by atoms with Gasteiger partial charge in [0.15, 0.2) is 0 Å². The average molecular weight is 269 g/mol. The number of ether oxygens (including phenoxy) is 1. The van der Waals surface area contributed by atoms with Crippen molar-refractivity contribution in [2.75, 3.05) is 18.5 Å². The number of nitrogens with zero attached hydrogens (tertiary/aromatic N) is 2. The summed E-state index contributed by atoms with van der Waals surface area (Å²) in [6.07, 6.45) is 3.84. The van der Waals surface area contributed by atoms with Crippen molar-refractivity contribution in [1.29, 1.82) is 0 Å². The topological polar surface area (TPSA) is 47.0 Å². The molecular weight excluding hydrogens is 250 g/mol. The normalized spacial score (nSPS) is 16.1. The molecule has 3 rings (SSSR count). The van der Waals surface area contributed by atoms with Gasteiger partial charge in [0.1, 0.15) is 0 Å². The predicted octanol–water partition coefficient (Wildman–Crippen LogP) is 3.02. The van der Waals surface area contributed by atoms with Gasteiger partial charge in [-0.25, -0.2) is 4.98 Å². The molecule has 0 saturated carbocycles. The van der Waals surface area contributed by atoms with Gasteiger partial charge >= 0.3 is 0 Å². The van der Waals surface area contributed by atoms with Crippen LogP contribution in [0.3, 0.4) is 0 Å². The van der Waals surface area contributed by atoms with E-state index in [4.69, 9.17) is 4.74 Å². The SMILES string of the molecule is CCCOc1ccnc(NCC2Cc3ccccc32)n1. The van der Waals surface area contributed by atoms with Crippen molar-refractivity contribution < 1.29 is 4.74 Å². The van der Waals surface area contributed by atoms with Crippen LogP contribution in [0.5, 0.6) is 5.88 Å². The quantitative estimate of drug-likeness (QED) is 0.875. The summed E-state index contributed by atoms with van der Waals surface area (Å²) in [4.78, 5) is 8.58. The minimum Gasteiger partial charge on any atom is -0.478 e. The van der Waals surface area contributed by atoms with Crippen molar-refractivity contribution in [3.05, 3.63) is 47.7 Å². The lowest BCUT2D eigenvalue weighted by molar-refractivity contribution is 0.305. The van der Waals surface area contributed by atoms with E-state index < -0.39 is 0 Å². The third-order valence-electron chi connectivity index (χ3n) is 3.55. The third-order valence-corrected chi connectivity index (χ3v) is 3.55. The second kappa shape index (κ2) is 5.90. The fourth-order valence-electron chi connectivity index (χ4n) is 2.47. The minimum absolute atomic E-state index is 0.565. The lowest BCUT2D eigenvalue weighted by atomic mass is 9.78. The van der Waals surface area contributed by atoms with E-state index in [1.54, 1.807) is 12.3 Å². The van der Waals surface area contributed by atoms with E-state index in [0.717, 1.165) is 19.4 Å². The Hall–Kier alpha value is -2.10. The molecule has 1 atom stereocenters. The number of benzene rings is 1. The Balaban J connectivity index is 1.57. The van der Waals surface area contributed by atoms with E-state index in [1.165, 1.54) is 11.1 Å². The molecule has 1 aliphatic rings. The largest absolute Gasteiger partial charge is 0.478 e. The Labute approximate surface area is 119 Å². The molecule has 0 amide bonds. The second-order valence-electron chi connectivity index (χ2n) is 5.05. The van der Waals surface area contributed by atoms with Crippen LogP contribution in [0.1, 0.15) is 30.4 Å². The number of hydrogen-bond donors (Lipinski definition) is 1. The zero-order valence-corrected chi connectivity index (χ0v) is 11.7. The first-order chi connectivity index (χ1) is 9.86. The zero-order chi connectivity index (χ0) is 13.8. The summed E-state index contributed by atoms with van der Waals surface area (Å²) in [5, 5.41) is 3.30. The van der Waals surface area contributed by atoms with Crippen molar-refractivity contribution in [2.45, 2.75) is 25.7 Å². The average Bonchev–Trinajstić information content (AvgIpc) is 2.46. The van der Waals surface area contributed by atoms with Gasteiger partial charge in [0, 0.05) is 24.7 Å². The molecule has 4 heteroatoms. The Morgan fingerprint density at radius 3 is 3.05 bits per heavy atom. The van der Waals surface area contributed by atoms with Crippen molar-refractivity contribution >= 4 is 5.95 Å². The Kier molecular flexibility index (Phi) is 3.81. The van der Waals surface area contributed by atoms with Crippen LogP contribution in [0.4, 0.5) is 5.95 Å². The summed E-state index contributed by atoms with van der Waals surface area (Å²) in [5.74, 6) is 1.84. The van der Waals surface area contributed by atoms with Crippen molar-refractivity contribution in [3.63, 3.8) is 0 Å². The van der Waals surface area contributed by atoms with Gasteiger partial charge in [-0.15, -0.1) is 0 Å². The van der Waals surface area contributed by atoms with Gasteiger partial charge in [-0.1, -0.05) is 31.2 Å². The highest BCUT2D eigenvalue weighted by Crippen LogP contribution is 2.34. The van der Waals surface area contributed by atoms with Gasteiger partial charge in [0.25, 0.3) is 0 Å². The zero-order valence-electron chi connectivity index (χ0n) is 11.7. The van der Waals surface area contributed by atoms with Crippen LogP contribution in [-0.2, 0) is 6.42 Å². The third kappa shape index (κ3) is 2.74. The van der Waals surface area contributed by atoms with Crippen LogP contribution in [0.15, 0.2) is 36.5 Å². The monoisotopic (exact) mass is 269 g/mol. The Bertz CT molecular complexity index is 585. The van der Waals surface area contributed by atoms with E-state index in [0.29, 0.717) is 24.4 Å². The van der Waals surface area contributed by atoms with E-state index in [-0.39, 0.29) is 0 Å². The molecule has 1 aromatic carbocycles. The summed E-state index contributed by atoms with van der Waals surface area (Å²) in [6, 6.07) is 10.4. The number of hydrogen-bond acceptors (Lipinski definition) is 4. The van der Waals surface area contributed by atoms with Gasteiger partial charge in [-0.3, -0.25) is 0 Å². The molecule has 0 fully saturated rings. The minimum atomic E-state index is 0.565. The molecular formula is C16H19N3O. The molecule has 1 aliphatic carbocycles. The summed E-state index contributed by atoms with van der Waals surface area (Å²) < 4.78 is 5.51. The first-order valence-corrected chi connectivity index (χ1v) is 7.14. The lowest BCUT2D eigenvalue weighted by Gasteiger charge is -2.30. The maximum Gasteiger partial charge on any atom is 0.225 e. The Morgan fingerprint density at radius 1 is 1.30 bits per heavy atom. The number of nitrogens with one attached hydrogen (secondary N) is 1. The van der Waals surface area contributed by atoms with Gasteiger partial charge in [-0.2, -0.15) is 4.98 Å². The van der Waals surface area contributed by atoms with E-state index in [2.05, 4.69) is 46.5 Å². The van der Waals surface area contributed by atoms with Gasteiger partial charge in [-0.05, 0) is 24.0 Å². The van der Waals surface area contributed by atoms with Crippen LogP contribution in [0, 0.1) is 0 Å². The highest BCUT2D eigenvalue weighted by atomic mass is 16.5. The van der Waals surface area contributed by atoms with Crippen LogP contribution >= 0.6 is 0 Å². The maximum atomic E-state index is 5.51. The first-order valence-electron chi connectivity index (χ1n) is 7.14. The maximum absolute atomic E-state index is 5.51. The summed E-state index contributed by atoms with van der Waals surface area (Å²) in [5.41, 5.74) is 2.90. The van der Waals surface area contributed by atoms with Crippen LogP contribution in [0.25, 0.3) is 0 Å². The van der Waals surface area contributed by atoms with Crippen LogP contribution in [-0.4, -0.2) is 23.1 Å². The summed E-state index contributed by atoms with van der Waals surface area (Å²) in [7, 11) is 0. The molecule has 104 valence electrons. The standard InChI is InChI=1S/C16H19N3O/c1-2-9-20-15-7-8-17-16(19-15)18-11-13-10-12-5-3-4-6-14(12)13/h3-8,13H,2,9-11H2,1H3,(H,17,18,19). The molecule has 1 N–H and O–H groups in total. The molecule has 2 aromatic rings. The van der Waals surface area contributed by atoms with E-state index in [1.807, 2.05) is 0 Å². The lowest BCUT2D eigenvalue weighted by Crippen LogP contribution is -2.24. The summed E-state index contributed by atoms with van der Waals surface area (Å²) in [6.45, 7) is 3.63. The molecule has 1 unspecified atom stereocenters. The van der Waals surface area contributed by atoms with Crippen LogP contribution < -0.4 is 10.1 Å².